The molecule has 2 rings (SSSR count). The van der Waals surface area contributed by atoms with Crippen LogP contribution in [-0.2, 0) is 6.54 Å². The smallest absolute Gasteiger partial charge is 0.345 e. The van der Waals surface area contributed by atoms with Gasteiger partial charge in [-0.25, -0.2) is 13.6 Å². The first kappa shape index (κ1) is 12.5. The number of hydrogen-bond acceptors (Lipinski definition) is 3. The van der Waals surface area contributed by atoms with Gasteiger partial charge in [-0.15, -0.1) is 11.3 Å². The van der Waals surface area contributed by atoms with Crippen molar-refractivity contribution in [3.05, 3.63) is 51.7 Å². The summed E-state index contributed by atoms with van der Waals surface area (Å²) in [7, 11) is 0. The second kappa shape index (κ2) is 5.14. The highest BCUT2D eigenvalue weighted by atomic mass is 32.1. The van der Waals surface area contributed by atoms with E-state index in [-0.39, 0.29) is 17.1 Å². The molecule has 0 aliphatic heterocycles. The van der Waals surface area contributed by atoms with Crippen molar-refractivity contribution >= 4 is 23.0 Å². The molecule has 6 heteroatoms. The summed E-state index contributed by atoms with van der Waals surface area (Å²) in [4.78, 5) is 11.6. The number of hydrogen-bond donors (Lipinski definition) is 2. The number of halogens is 2. The topological polar surface area (TPSA) is 49.3 Å². The van der Waals surface area contributed by atoms with Crippen LogP contribution in [0.15, 0.2) is 30.3 Å². The lowest BCUT2D eigenvalue weighted by Crippen LogP contribution is -2.01. The molecule has 0 amide bonds. The predicted octanol–water partition coefficient (Wildman–Crippen LogP) is 3.34. The molecule has 2 N–H and O–H groups in total. The molecule has 1 aromatic carbocycles. The molecule has 0 saturated heterocycles. The van der Waals surface area contributed by atoms with Crippen molar-refractivity contribution < 1.29 is 18.7 Å². The Bertz CT molecular complexity index is 583. The van der Waals surface area contributed by atoms with E-state index in [4.69, 9.17) is 5.11 Å². The van der Waals surface area contributed by atoms with Gasteiger partial charge in [-0.3, -0.25) is 0 Å². The fourth-order valence-corrected chi connectivity index (χ4v) is 2.20. The van der Waals surface area contributed by atoms with Crippen LogP contribution < -0.4 is 5.32 Å². The van der Waals surface area contributed by atoms with Gasteiger partial charge in [0.15, 0.2) is 11.6 Å². The molecule has 0 unspecified atom stereocenters. The van der Waals surface area contributed by atoms with E-state index in [1.807, 2.05) is 0 Å². The fraction of sp³-hybridized carbons (Fsp3) is 0.0833. The highest BCUT2D eigenvalue weighted by Crippen LogP contribution is 2.20. The third-order valence-corrected chi connectivity index (χ3v) is 3.35. The van der Waals surface area contributed by atoms with Crippen molar-refractivity contribution in [2.24, 2.45) is 0 Å². The van der Waals surface area contributed by atoms with E-state index < -0.39 is 17.6 Å². The summed E-state index contributed by atoms with van der Waals surface area (Å²) in [5.41, 5.74) is 0.0558. The van der Waals surface area contributed by atoms with Crippen LogP contribution in [0, 0.1) is 11.6 Å². The van der Waals surface area contributed by atoms with Gasteiger partial charge in [0, 0.05) is 11.4 Å². The van der Waals surface area contributed by atoms with Gasteiger partial charge in [0.1, 0.15) is 4.88 Å². The van der Waals surface area contributed by atoms with Gasteiger partial charge in [0.2, 0.25) is 0 Å². The summed E-state index contributed by atoms with van der Waals surface area (Å²) in [6.07, 6.45) is 0. The second-order valence-corrected chi connectivity index (χ2v) is 4.69. The van der Waals surface area contributed by atoms with Gasteiger partial charge in [0.05, 0.1) is 5.69 Å². The van der Waals surface area contributed by atoms with Crippen molar-refractivity contribution in [2.75, 3.05) is 5.32 Å². The van der Waals surface area contributed by atoms with E-state index >= 15 is 0 Å². The SMILES string of the molecule is O=C(O)c1ccc(CNc2cccc(F)c2F)s1. The third kappa shape index (κ3) is 2.65. The molecule has 0 saturated carbocycles. The molecule has 2 aromatic rings. The van der Waals surface area contributed by atoms with Crippen LogP contribution in [0.1, 0.15) is 14.5 Å². The highest BCUT2D eigenvalue weighted by Gasteiger charge is 2.09. The zero-order chi connectivity index (χ0) is 13.1. The number of aromatic carboxylic acids is 1. The van der Waals surface area contributed by atoms with Gasteiger partial charge in [-0.1, -0.05) is 6.07 Å². The zero-order valence-electron chi connectivity index (χ0n) is 9.11. The minimum Gasteiger partial charge on any atom is -0.477 e. The van der Waals surface area contributed by atoms with Crippen molar-refractivity contribution in [1.29, 1.82) is 0 Å². The maximum absolute atomic E-state index is 13.3. The molecule has 0 aliphatic rings. The van der Waals surface area contributed by atoms with E-state index in [1.165, 1.54) is 18.2 Å². The van der Waals surface area contributed by atoms with Gasteiger partial charge < -0.3 is 10.4 Å². The molecule has 3 nitrogen and oxygen atoms in total. The van der Waals surface area contributed by atoms with Crippen LogP contribution in [0.2, 0.25) is 0 Å². The minimum absolute atomic E-state index is 0.0558. The Labute approximate surface area is 106 Å². The quantitative estimate of drug-likeness (QED) is 0.895. The first-order valence-electron chi connectivity index (χ1n) is 5.08. The summed E-state index contributed by atoms with van der Waals surface area (Å²) in [6, 6.07) is 6.97. The van der Waals surface area contributed by atoms with Crippen LogP contribution in [0.25, 0.3) is 0 Å². The molecular weight excluding hydrogens is 260 g/mol. The molecule has 0 spiro atoms. The molecule has 0 bridgehead atoms. The molecule has 0 radical (unpaired) electrons. The lowest BCUT2D eigenvalue weighted by molar-refractivity contribution is 0.0702. The summed E-state index contributed by atoms with van der Waals surface area (Å²) < 4.78 is 26.2. The first-order chi connectivity index (χ1) is 8.58. The Morgan fingerprint density at radius 1 is 1.28 bits per heavy atom. The lowest BCUT2D eigenvalue weighted by Gasteiger charge is -2.06. The van der Waals surface area contributed by atoms with E-state index in [1.54, 1.807) is 6.07 Å². The second-order valence-electron chi connectivity index (χ2n) is 3.53. The average Bonchev–Trinajstić information content (AvgIpc) is 2.80. The van der Waals surface area contributed by atoms with Crippen LogP contribution in [0.4, 0.5) is 14.5 Å². The number of rotatable bonds is 4. The van der Waals surface area contributed by atoms with Crippen molar-refractivity contribution in [2.45, 2.75) is 6.54 Å². The standard InChI is InChI=1S/C12H9F2NO2S/c13-8-2-1-3-9(11(8)14)15-6-7-4-5-10(18-7)12(16)17/h1-5,15H,6H2,(H,16,17). The fourth-order valence-electron chi connectivity index (χ4n) is 1.41. The Morgan fingerprint density at radius 3 is 2.72 bits per heavy atom. The van der Waals surface area contributed by atoms with Crippen LogP contribution in [-0.4, -0.2) is 11.1 Å². The molecule has 0 atom stereocenters. The van der Waals surface area contributed by atoms with Crippen LogP contribution in [0.5, 0.6) is 0 Å². The summed E-state index contributed by atoms with van der Waals surface area (Å²) in [5, 5.41) is 11.5. The number of nitrogens with one attached hydrogen (secondary N) is 1. The first-order valence-corrected chi connectivity index (χ1v) is 5.89. The highest BCUT2D eigenvalue weighted by molar-refractivity contribution is 7.13. The molecule has 18 heavy (non-hydrogen) atoms. The maximum Gasteiger partial charge on any atom is 0.345 e. The normalized spacial score (nSPS) is 10.3. The van der Waals surface area contributed by atoms with E-state index in [9.17, 15) is 13.6 Å². The molecular formula is C12H9F2NO2S. The average molecular weight is 269 g/mol. The summed E-state index contributed by atoms with van der Waals surface area (Å²) >= 11 is 1.09. The molecule has 0 aliphatic carbocycles. The van der Waals surface area contributed by atoms with Crippen molar-refractivity contribution in [3.8, 4) is 0 Å². The van der Waals surface area contributed by atoms with Gasteiger partial charge in [-0.05, 0) is 24.3 Å². The number of carboxylic acid groups (broad SMARTS) is 1. The zero-order valence-corrected chi connectivity index (χ0v) is 9.93. The monoisotopic (exact) mass is 269 g/mol. The maximum atomic E-state index is 13.3. The Kier molecular flexibility index (Phi) is 3.57. The van der Waals surface area contributed by atoms with Crippen molar-refractivity contribution in [1.82, 2.24) is 0 Å². The lowest BCUT2D eigenvalue weighted by atomic mass is 10.3. The Hall–Kier alpha value is -1.95. The number of anilines is 1. The van der Waals surface area contributed by atoms with Crippen molar-refractivity contribution in [3.63, 3.8) is 0 Å². The summed E-state index contributed by atoms with van der Waals surface area (Å²) in [5.74, 6) is -2.85. The number of carbonyl (C=O) groups is 1. The van der Waals surface area contributed by atoms with Gasteiger partial charge >= 0.3 is 5.97 Å². The molecule has 1 heterocycles. The molecule has 94 valence electrons. The Balaban J connectivity index is 2.07. The number of benzene rings is 1. The van der Waals surface area contributed by atoms with Crippen LogP contribution >= 0.6 is 11.3 Å². The van der Waals surface area contributed by atoms with E-state index in [0.717, 1.165) is 22.3 Å². The van der Waals surface area contributed by atoms with Gasteiger partial charge in [0.25, 0.3) is 0 Å². The van der Waals surface area contributed by atoms with Crippen LogP contribution in [0.3, 0.4) is 0 Å². The molecule has 1 aromatic heterocycles. The molecule has 0 fully saturated rings. The number of thiophene rings is 1. The Morgan fingerprint density at radius 2 is 2.06 bits per heavy atom. The minimum atomic E-state index is -0.997. The van der Waals surface area contributed by atoms with E-state index in [2.05, 4.69) is 5.32 Å². The van der Waals surface area contributed by atoms with E-state index in [0.29, 0.717) is 0 Å². The largest absolute Gasteiger partial charge is 0.477 e. The third-order valence-electron chi connectivity index (χ3n) is 2.28. The number of carboxylic acids is 1. The predicted molar refractivity (Wildman–Crippen MR) is 65.0 cm³/mol. The summed E-state index contributed by atoms with van der Waals surface area (Å²) in [6.45, 7) is 0.248. The van der Waals surface area contributed by atoms with Gasteiger partial charge in [-0.2, -0.15) is 0 Å².